The number of urea groups is 1. The molecule has 3 rings (SSSR count). The van der Waals surface area contributed by atoms with Gasteiger partial charge in [0.1, 0.15) is 5.82 Å². The van der Waals surface area contributed by atoms with Gasteiger partial charge in [0.15, 0.2) is 0 Å². The molecule has 1 aromatic heterocycles. The van der Waals surface area contributed by atoms with E-state index in [0.717, 1.165) is 44.0 Å². The number of nitrogens with one attached hydrogen (secondary N) is 1. The van der Waals surface area contributed by atoms with Crippen LogP contribution in [-0.2, 0) is 6.54 Å². The van der Waals surface area contributed by atoms with Crippen LogP contribution in [0.1, 0.15) is 37.7 Å². The summed E-state index contributed by atoms with van der Waals surface area (Å²) in [5.74, 6) is 1.03. The number of hydrogen-bond acceptors (Lipinski definition) is 4. The first-order chi connectivity index (χ1) is 12.1. The zero-order valence-corrected chi connectivity index (χ0v) is 15.6. The Kier molecular flexibility index (Phi) is 6.13. The number of nitrogens with zero attached hydrogens (tertiary/aromatic N) is 4. The Morgan fingerprint density at radius 3 is 2.80 bits per heavy atom. The van der Waals surface area contributed by atoms with Gasteiger partial charge in [0.05, 0.1) is 0 Å². The number of anilines is 1. The van der Waals surface area contributed by atoms with Gasteiger partial charge in [-0.1, -0.05) is 6.07 Å². The highest BCUT2D eigenvalue weighted by atomic mass is 16.2. The summed E-state index contributed by atoms with van der Waals surface area (Å²) in [5.41, 5.74) is 1.11. The van der Waals surface area contributed by atoms with Gasteiger partial charge in [-0.3, -0.25) is 0 Å². The second-order valence-corrected chi connectivity index (χ2v) is 7.40. The van der Waals surface area contributed by atoms with E-state index in [2.05, 4.69) is 40.3 Å². The highest BCUT2D eigenvalue weighted by Gasteiger charge is 2.25. The minimum atomic E-state index is 0.0417. The molecule has 1 N–H and O–H groups in total. The van der Waals surface area contributed by atoms with Crippen molar-refractivity contribution in [3.63, 3.8) is 0 Å². The first-order valence-electron chi connectivity index (χ1n) is 9.53. The van der Waals surface area contributed by atoms with E-state index in [1.54, 1.807) is 0 Å². The molecule has 1 atom stereocenters. The van der Waals surface area contributed by atoms with E-state index in [1.165, 1.54) is 25.7 Å². The third kappa shape index (κ3) is 4.63. The monoisotopic (exact) mass is 345 g/mol. The molecule has 2 fully saturated rings. The number of carbonyl (C=O) groups excluding carboxylic acids is 1. The minimum Gasteiger partial charge on any atom is -0.356 e. The lowest BCUT2D eigenvalue weighted by molar-refractivity contribution is 0.140. The quantitative estimate of drug-likeness (QED) is 0.910. The average molecular weight is 345 g/mol. The molecule has 3 heterocycles. The van der Waals surface area contributed by atoms with Crippen molar-refractivity contribution >= 4 is 11.8 Å². The van der Waals surface area contributed by atoms with Gasteiger partial charge in [0.25, 0.3) is 0 Å². The molecule has 138 valence electrons. The van der Waals surface area contributed by atoms with E-state index in [-0.39, 0.29) is 6.03 Å². The van der Waals surface area contributed by atoms with Crippen molar-refractivity contribution in [2.45, 2.75) is 44.7 Å². The van der Waals surface area contributed by atoms with Crippen molar-refractivity contribution in [3.8, 4) is 0 Å². The molecule has 1 aromatic rings. The van der Waals surface area contributed by atoms with Crippen LogP contribution in [0, 0.1) is 0 Å². The van der Waals surface area contributed by atoms with Gasteiger partial charge >= 0.3 is 6.03 Å². The summed E-state index contributed by atoms with van der Waals surface area (Å²) in [7, 11) is 4.18. The zero-order chi connectivity index (χ0) is 17.6. The summed E-state index contributed by atoms with van der Waals surface area (Å²) >= 11 is 0. The number of piperidine rings is 2. The van der Waals surface area contributed by atoms with E-state index in [1.807, 2.05) is 17.2 Å². The predicted molar refractivity (Wildman–Crippen MR) is 101 cm³/mol. The molecule has 2 saturated heterocycles. The van der Waals surface area contributed by atoms with E-state index in [9.17, 15) is 4.79 Å². The maximum Gasteiger partial charge on any atom is 0.317 e. The molecule has 0 saturated carbocycles. The van der Waals surface area contributed by atoms with Gasteiger partial charge in [-0.15, -0.1) is 0 Å². The van der Waals surface area contributed by atoms with Crippen molar-refractivity contribution in [2.24, 2.45) is 0 Å². The maximum atomic E-state index is 12.6. The lowest BCUT2D eigenvalue weighted by Crippen LogP contribution is -2.50. The summed E-state index contributed by atoms with van der Waals surface area (Å²) in [6, 6.07) is 4.54. The van der Waals surface area contributed by atoms with Crippen molar-refractivity contribution in [2.75, 3.05) is 45.2 Å². The van der Waals surface area contributed by atoms with Gasteiger partial charge in [-0.2, -0.15) is 0 Å². The second kappa shape index (κ2) is 8.52. The number of likely N-dealkylation sites (tertiary alicyclic amines) is 1. The van der Waals surface area contributed by atoms with Crippen LogP contribution in [0.2, 0.25) is 0 Å². The Bertz CT molecular complexity index is 571. The number of hydrogen-bond donors (Lipinski definition) is 1. The van der Waals surface area contributed by atoms with Gasteiger partial charge in [-0.25, -0.2) is 9.78 Å². The zero-order valence-electron chi connectivity index (χ0n) is 15.6. The van der Waals surface area contributed by atoms with Crippen LogP contribution in [0.15, 0.2) is 18.3 Å². The van der Waals surface area contributed by atoms with Crippen LogP contribution in [0.4, 0.5) is 10.6 Å². The average Bonchev–Trinajstić information content (AvgIpc) is 2.67. The summed E-state index contributed by atoms with van der Waals surface area (Å²) in [5, 5.41) is 3.11. The molecule has 0 unspecified atom stereocenters. The largest absolute Gasteiger partial charge is 0.356 e. The Labute approximate surface area is 151 Å². The molecule has 2 amide bonds. The molecule has 0 aliphatic carbocycles. The summed E-state index contributed by atoms with van der Waals surface area (Å²) in [6.07, 6.45) is 7.84. The van der Waals surface area contributed by atoms with Crippen molar-refractivity contribution in [1.82, 2.24) is 20.1 Å². The minimum absolute atomic E-state index is 0.0417. The number of rotatable bonds is 4. The fourth-order valence-electron chi connectivity index (χ4n) is 3.80. The van der Waals surface area contributed by atoms with Gasteiger partial charge in [0, 0.05) is 50.5 Å². The van der Waals surface area contributed by atoms with E-state index >= 15 is 0 Å². The molecule has 2 aliphatic heterocycles. The van der Waals surface area contributed by atoms with Crippen LogP contribution in [-0.4, -0.2) is 67.1 Å². The fourth-order valence-corrected chi connectivity index (χ4v) is 3.80. The summed E-state index contributed by atoms with van der Waals surface area (Å²) in [4.78, 5) is 23.7. The molecule has 0 radical (unpaired) electrons. The Hall–Kier alpha value is -1.82. The molecule has 0 aromatic carbocycles. The lowest BCUT2D eigenvalue weighted by Gasteiger charge is -2.36. The van der Waals surface area contributed by atoms with E-state index < -0.39 is 0 Å². The van der Waals surface area contributed by atoms with Crippen molar-refractivity contribution < 1.29 is 4.79 Å². The number of amides is 2. The number of likely N-dealkylation sites (N-methyl/N-ethyl adjacent to an activating group) is 1. The van der Waals surface area contributed by atoms with E-state index in [0.29, 0.717) is 12.6 Å². The number of carbonyl (C=O) groups is 1. The Balaban J connectivity index is 1.59. The Morgan fingerprint density at radius 2 is 2.04 bits per heavy atom. The third-order valence-corrected chi connectivity index (χ3v) is 5.37. The first kappa shape index (κ1) is 18.0. The van der Waals surface area contributed by atoms with E-state index in [4.69, 9.17) is 0 Å². The molecular formula is C19H31N5O. The smallest absolute Gasteiger partial charge is 0.317 e. The molecule has 25 heavy (non-hydrogen) atoms. The maximum absolute atomic E-state index is 12.6. The highest BCUT2D eigenvalue weighted by molar-refractivity contribution is 5.74. The van der Waals surface area contributed by atoms with Crippen LogP contribution >= 0.6 is 0 Å². The first-order valence-corrected chi connectivity index (χ1v) is 9.53. The predicted octanol–water partition coefficient (Wildman–Crippen LogP) is 2.31. The number of aromatic nitrogens is 1. The molecule has 6 heteroatoms. The Morgan fingerprint density at radius 1 is 1.24 bits per heavy atom. The molecular weight excluding hydrogens is 314 g/mol. The fraction of sp³-hybridized carbons (Fsp3) is 0.684. The standard InChI is InChI=1S/C19H31N5O/c1-22(2)17-9-7-13-24(15-17)19(25)21-14-16-8-6-10-20-18(16)23-11-4-3-5-12-23/h6,8,10,17H,3-5,7,9,11-15H2,1-2H3,(H,21,25)/t17-/m0/s1. The van der Waals surface area contributed by atoms with Crippen molar-refractivity contribution in [3.05, 3.63) is 23.9 Å². The van der Waals surface area contributed by atoms with Crippen LogP contribution < -0.4 is 10.2 Å². The van der Waals surface area contributed by atoms with Gasteiger partial charge in [-0.05, 0) is 52.3 Å². The van der Waals surface area contributed by atoms with Gasteiger partial charge < -0.3 is 20.0 Å². The summed E-state index contributed by atoms with van der Waals surface area (Å²) in [6.45, 7) is 4.33. The SMILES string of the molecule is CN(C)[C@H]1CCCN(C(=O)NCc2cccnc2N2CCCCC2)C1. The summed E-state index contributed by atoms with van der Waals surface area (Å²) < 4.78 is 0. The third-order valence-electron chi connectivity index (χ3n) is 5.37. The number of pyridine rings is 1. The molecule has 2 aliphatic rings. The lowest BCUT2D eigenvalue weighted by atomic mass is 10.1. The van der Waals surface area contributed by atoms with Crippen LogP contribution in [0.5, 0.6) is 0 Å². The second-order valence-electron chi connectivity index (χ2n) is 7.40. The molecule has 0 bridgehead atoms. The normalized spacial score (nSPS) is 21.5. The van der Waals surface area contributed by atoms with Crippen molar-refractivity contribution in [1.29, 1.82) is 0 Å². The van der Waals surface area contributed by atoms with Gasteiger partial charge in [0.2, 0.25) is 0 Å². The molecule has 6 nitrogen and oxygen atoms in total. The molecule has 0 spiro atoms. The van der Waals surface area contributed by atoms with Crippen LogP contribution in [0.3, 0.4) is 0 Å². The topological polar surface area (TPSA) is 51.7 Å². The van der Waals surface area contributed by atoms with Crippen LogP contribution in [0.25, 0.3) is 0 Å². The highest BCUT2D eigenvalue weighted by Crippen LogP contribution is 2.21.